The third kappa shape index (κ3) is 4.41. The Morgan fingerprint density at radius 2 is 1.82 bits per heavy atom. The lowest BCUT2D eigenvalue weighted by Gasteiger charge is -2.22. The van der Waals surface area contributed by atoms with Gasteiger partial charge >= 0.3 is 0 Å². The fraction of sp³-hybridized carbons (Fsp3) is 0.300. The number of aryl methyl sites for hydroxylation is 1. The molecular formula is C20H21Cl2N3O2S. The van der Waals surface area contributed by atoms with Crippen molar-refractivity contribution < 1.29 is 9.53 Å². The zero-order chi connectivity index (χ0) is 20.4. The van der Waals surface area contributed by atoms with Crippen LogP contribution in [0.2, 0.25) is 10.0 Å². The number of amides is 1. The second-order valence-electron chi connectivity index (χ2n) is 6.68. The number of rotatable bonds is 6. The van der Waals surface area contributed by atoms with E-state index in [1.165, 1.54) is 11.3 Å². The molecule has 0 spiro atoms. The standard InChI is InChI=1S/C20H21Cl2N3O2S/c1-12-5-6-16(27-4)17-18(12)28-20(23-17)25(8-7-24(2)3)19(26)13-9-14(21)11-15(22)10-13/h5-6,9-11H,7-8H2,1-4H3. The molecule has 28 heavy (non-hydrogen) atoms. The Morgan fingerprint density at radius 1 is 1.14 bits per heavy atom. The lowest BCUT2D eigenvalue weighted by Crippen LogP contribution is -2.36. The fourth-order valence-corrected chi connectivity index (χ4v) is 4.40. The van der Waals surface area contributed by atoms with Crippen LogP contribution in [0.5, 0.6) is 5.75 Å². The molecule has 0 saturated carbocycles. The number of likely N-dealkylation sites (N-methyl/N-ethyl adjacent to an activating group) is 1. The largest absolute Gasteiger partial charge is 0.494 e. The van der Waals surface area contributed by atoms with E-state index in [2.05, 4.69) is 0 Å². The average molecular weight is 438 g/mol. The van der Waals surface area contributed by atoms with E-state index in [4.69, 9.17) is 32.9 Å². The highest BCUT2D eigenvalue weighted by Gasteiger charge is 2.23. The van der Waals surface area contributed by atoms with E-state index >= 15 is 0 Å². The molecule has 0 aliphatic carbocycles. The van der Waals surface area contributed by atoms with Gasteiger partial charge in [0.15, 0.2) is 5.13 Å². The van der Waals surface area contributed by atoms with Crippen molar-refractivity contribution in [2.24, 2.45) is 0 Å². The lowest BCUT2D eigenvalue weighted by molar-refractivity contribution is 0.0985. The Balaban J connectivity index is 2.08. The molecule has 0 unspecified atom stereocenters. The molecule has 1 heterocycles. The van der Waals surface area contributed by atoms with Crippen molar-refractivity contribution in [2.45, 2.75) is 6.92 Å². The molecule has 0 atom stereocenters. The maximum Gasteiger partial charge on any atom is 0.260 e. The van der Waals surface area contributed by atoms with Gasteiger partial charge in [0.05, 0.1) is 11.8 Å². The zero-order valence-electron chi connectivity index (χ0n) is 16.1. The zero-order valence-corrected chi connectivity index (χ0v) is 18.5. The number of ether oxygens (including phenoxy) is 1. The molecule has 5 nitrogen and oxygen atoms in total. The summed E-state index contributed by atoms with van der Waals surface area (Å²) in [5.74, 6) is 0.496. The van der Waals surface area contributed by atoms with Crippen LogP contribution in [0.15, 0.2) is 30.3 Å². The molecule has 3 aromatic rings. The predicted octanol–water partition coefficient (Wildman–Crippen LogP) is 5.13. The van der Waals surface area contributed by atoms with Crippen LogP contribution in [0.1, 0.15) is 15.9 Å². The van der Waals surface area contributed by atoms with Crippen molar-refractivity contribution in [3.63, 3.8) is 0 Å². The van der Waals surface area contributed by atoms with Crippen molar-refractivity contribution >= 4 is 55.8 Å². The van der Waals surface area contributed by atoms with Crippen molar-refractivity contribution in [3.8, 4) is 5.75 Å². The monoisotopic (exact) mass is 437 g/mol. The van der Waals surface area contributed by atoms with E-state index in [1.807, 2.05) is 38.1 Å². The Hall–Kier alpha value is -1.86. The number of benzene rings is 2. The Labute approximate surface area is 178 Å². The van der Waals surface area contributed by atoms with Crippen LogP contribution >= 0.6 is 34.5 Å². The number of methoxy groups -OCH3 is 1. The number of halogens is 2. The van der Waals surface area contributed by atoms with Crippen LogP contribution in [0.3, 0.4) is 0 Å². The van der Waals surface area contributed by atoms with Gasteiger partial charge in [-0.25, -0.2) is 4.98 Å². The first-order valence-electron chi connectivity index (χ1n) is 8.67. The topological polar surface area (TPSA) is 45.7 Å². The minimum Gasteiger partial charge on any atom is -0.494 e. The summed E-state index contributed by atoms with van der Waals surface area (Å²) in [5.41, 5.74) is 2.28. The van der Waals surface area contributed by atoms with E-state index in [9.17, 15) is 4.79 Å². The minimum atomic E-state index is -0.193. The highest BCUT2D eigenvalue weighted by atomic mass is 35.5. The Kier molecular flexibility index (Phi) is 6.45. The first-order valence-corrected chi connectivity index (χ1v) is 10.2. The molecule has 148 valence electrons. The lowest BCUT2D eigenvalue weighted by atomic mass is 10.2. The number of fused-ring (bicyclic) bond motifs is 1. The van der Waals surface area contributed by atoms with Crippen molar-refractivity contribution in [3.05, 3.63) is 51.5 Å². The predicted molar refractivity (Wildman–Crippen MR) is 118 cm³/mol. The van der Waals surface area contributed by atoms with Gasteiger partial charge in [0, 0.05) is 28.7 Å². The van der Waals surface area contributed by atoms with Gasteiger partial charge in [-0.05, 0) is 50.8 Å². The third-order valence-electron chi connectivity index (χ3n) is 4.27. The summed E-state index contributed by atoms with van der Waals surface area (Å²) in [6, 6.07) is 8.74. The summed E-state index contributed by atoms with van der Waals surface area (Å²) < 4.78 is 6.45. The van der Waals surface area contributed by atoms with E-state index in [-0.39, 0.29) is 5.91 Å². The van der Waals surface area contributed by atoms with E-state index in [0.29, 0.717) is 39.6 Å². The molecule has 0 aliphatic rings. The molecule has 0 bridgehead atoms. The first-order chi connectivity index (χ1) is 13.3. The number of anilines is 1. The van der Waals surface area contributed by atoms with Crippen LogP contribution in [-0.4, -0.2) is 50.1 Å². The second kappa shape index (κ2) is 8.66. The maximum absolute atomic E-state index is 13.3. The van der Waals surface area contributed by atoms with Crippen molar-refractivity contribution in [2.75, 3.05) is 39.2 Å². The van der Waals surface area contributed by atoms with Crippen LogP contribution in [0, 0.1) is 6.92 Å². The van der Waals surface area contributed by atoms with Crippen LogP contribution in [-0.2, 0) is 0 Å². The normalized spacial score (nSPS) is 11.2. The van der Waals surface area contributed by atoms with Crippen molar-refractivity contribution in [1.82, 2.24) is 9.88 Å². The molecule has 0 aliphatic heterocycles. The second-order valence-corrected chi connectivity index (χ2v) is 8.53. The van der Waals surface area contributed by atoms with Gasteiger partial charge in [-0.3, -0.25) is 9.69 Å². The van der Waals surface area contributed by atoms with E-state index < -0.39 is 0 Å². The smallest absolute Gasteiger partial charge is 0.260 e. The van der Waals surface area contributed by atoms with Gasteiger partial charge in [0.2, 0.25) is 0 Å². The van der Waals surface area contributed by atoms with Crippen molar-refractivity contribution in [1.29, 1.82) is 0 Å². The number of hydrogen-bond donors (Lipinski definition) is 0. The first kappa shape index (κ1) is 20.9. The number of hydrogen-bond acceptors (Lipinski definition) is 5. The third-order valence-corrected chi connectivity index (χ3v) is 5.92. The highest BCUT2D eigenvalue weighted by molar-refractivity contribution is 7.22. The molecule has 0 radical (unpaired) electrons. The number of aromatic nitrogens is 1. The summed E-state index contributed by atoms with van der Waals surface area (Å²) >= 11 is 13.7. The molecule has 1 amide bonds. The van der Waals surface area contributed by atoms with Gasteiger partial charge < -0.3 is 9.64 Å². The maximum atomic E-state index is 13.3. The highest BCUT2D eigenvalue weighted by Crippen LogP contribution is 2.37. The average Bonchev–Trinajstić information content (AvgIpc) is 3.07. The molecular weight excluding hydrogens is 417 g/mol. The van der Waals surface area contributed by atoms with Gasteiger partial charge in [-0.2, -0.15) is 0 Å². The molecule has 3 rings (SSSR count). The SMILES string of the molecule is COc1ccc(C)c2sc(N(CCN(C)C)C(=O)c3cc(Cl)cc(Cl)c3)nc12. The molecule has 0 fully saturated rings. The van der Waals surface area contributed by atoms with Crippen LogP contribution in [0.25, 0.3) is 10.2 Å². The van der Waals surface area contributed by atoms with Crippen LogP contribution in [0.4, 0.5) is 5.13 Å². The summed E-state index contributed by atoms with van der Waals surface area (Å²) in [4.78, 5) is 21.7. The Morgan fingerprint density at radius 3 is 2.43 bits per heavy atom. The summed E-state index contributed by atoms with van der Waals surface area (Å²) in [6.07, 6.45) is 0. The number of carbonyl (C=O) groups excluding carboxylic acids is 1. The van der Waals surface area contributed by atoms with Gasteiger partial charge in [-0.1, -0.05) is 40.6 Å². The number of thiazole rings is 1. The molecule has 8 heteroatoms. The van der Waals surface area contributed by atoms with Gasteiger partial charge in [0.1, 0.15) is 11.3 Å². The number of nitrogens with zero attached hydrogens (tertiary/aromatic N) is 3. The number of carbonyl (C=O) groups is 1. The molecule has 0 saturated heterocycles. The van der Waals surface area contributed by atoms with E-state index in [0.717, 1.165) is 15.8 Å². The molecule has 0 N–H and O–H groups in total. The molecule has 2 aromatic carbocycles. The summed E-state index contributed by atoms with van der Waals surface area (Å²) in [6.45, 7) is 3.19. The molecule has 1 aromatic heterocycles. The van der Waals surface area contributed by atoms with Gasteiger partial charge in [-0.15, -0.1) is 0 Å². The van der Waals surface area contributed by atoms with Crippen LogP contribution < -0.4 is 9.64 Å². The fourth-order valence-electron chi connectivity index (χ4n) is 2.80. The quantitative estimate of drug-likeness (QED) is 0.536. The van der Waals surface area contributed by atoms with E-state index in [1.54, 1.807) is 30.2 Å². The summed E-state index contributed by atoms with van der Waals surface area (Å²) in [5, 5.41) is 1.46. The minimum absolute atomic E-state index is 0.193. The summed E-state index contributed by atoms with van der Waals surface area (Å²) in [7, 11) is 5.54. The van der Waals surface area contributed by atoms with Gasteiger partial charge in [0.25, 0.3) is 5.91 Å². The Bertz CT molecular complexity index is 1000.